The summed E-state index contributed by atoms with van der Waals surface area (Å²) in [6.45, 7) is 1.82. The number of anilines is 2. The quantitative estimate of drug-likeness (QED) is 0.635. The maximum atomic E-state index is 14.5. The number of hydrogen-bond donors (Lipinski definition) is 1. The molecule has 0 radical (unpaired) electrons. The number of carbonyl (C=O) groups is 1. The molecule has 0 saturated carbocycles. The molecule has 6 nitrogen and oxygen atoms in total. The average molecular weight is 437 g/mol. The van der Waals surface area contributed by atoms with Gasteiger partial charge in [-0.1, -0.05) is 30.3 Å². The maximum absolute atomic E-state index is 14.5. The lowest BCUT2D eigenvalue weighted by atomic mass is 10.2. The van der Waals surface area contributed by atoms with Gasteiger partial charge in [0.1, 0.15) is 17.3 Å². The summed E-state index contributed by atoms with van der Waals surface area (Å²) in [4.78, 5) is 18.4. The van der Waals surface area contributed by atoms with Gasteiger partial charge >= 0.3 is 0 Å². The summed E-state index contributed by atoms with van der Waals surface area (Å²) in [7, 11) is -3.76. The van der Waals surface area contributed by atoms with Crippen molar-refractivity contribution in [2.75, 3.05) is 11.2 Å². The van der Waals surface area contributed by atoms with E-state index in [0.717, 1.165) is 35.3 Å². The van der Waals surface area contributed by atoms with E-state index in [0.29, 0.717) is 4.88 Å². The molecule has 3 rings (SSSR count). The summed E-state index contributed by atoms with van der Waals surface area (Å²) in [6.07, 6.45) is 0.864. The Kier molecular flexibility index (Phi) is 5.94. The van der Waals surface area contributed by atoms with Gasteiger partial charge in [-0.25, -0.2) is 26.9 Å². The Bertz CT molecular complexity index is 1150. The molecule has 0 fully saturated rings. The van der Waals surface area contributed by atoms with Crippen LogP contribution in [-0.4, -0.2) is 25.6 Å². The van der Waals surface area contributed by atoms with Crippen LogP contribution < -0.4 is 9.62 Å². The fourth-order valence-corrected chi connectivity index (χ4v) is 4.00. The number of sulfonamides is 1. The summed E-state index contributed by atoms with van der Waals surface area (Å²) in [5.41, 5.74) is 0.848. The van der Waals surface area contributed by atoms with Crippen molar-refractivity contribution < 1.29 is 22.0 Å². The van der Waals surface area contributed by atoms with Gasteiger partial charge < -0.3 is 4.90 Å². The van der Waals surface area contributed by atoms with Crippen LogP contribution in [0.4, 0.5) is 19.6 Å². The number of nitrogens with one attached hydrogen (secondary N) is 1. The molecule has 2 aromatic carbocycles. The number of nitrogens with zero attached hydrogens (tertiary/aromatic N) is 2. The van der Waals surface area contributed by atoms with Crippen molar-refractivity contribution in [1.29, 1.82) is 0 Å². The molecule has 0 aliphatic rings. The Balaban J connectivity index is 2.05. The summed E-state index contributed by atoms with van der Waals surface area (Å²) in [5.74, 6) is -2.36. The van der Waals surface area contributed by atoms with Crippen LogP contribution in [0.3, 0.4) is 0 Å². The van der Waals surface area contributed by atoms with Crippen LogP contribution in [0.15, 0.2) is 48.5 Å². The van der Waals surface area contributed by atoms with E-state index in [4.69, 9.17) is 0 Å². The molecule has 0 atom stereocenters. The summed E-state index contributed by atoms with van der Waals surface area (Å²) in [6, 6.07) is 12.4. The first kappa shape index (κ1) is 20.9. The second-order valence-electron chi connectivity index (χ2n) is 6.27. The number of aryl methyl sites for hydroxylation is 1. The van der Waals surface area contributed by atoms with E-state index < -0.39 is 27.6 Å². The molecule has 1 amide bonds. The van der Waals surface area contributed by atoms with Crippen LogP contribution in [0.5, 0.6) is 0 Å². The zero-order valence-electron chi connectivity index (χ0n) is 15.5. The first-order valence-corrected chi connectivity index (χ1v) is 11.1. The van der Waals surface area contributed by atoms with Crippen molar-refractivity contribution in [2.24, 2.45) is 0 Å². The molecule has 10 heteroatoms. The molecular weight excluding hydrogens is 420 g/mol. The van der Waals surface area contributed by atoms with Gasteiger partial charge in [0.05, 0.1) is 18.5 Å². The van der Waals surface area contributed by atoms with Crippen molar-refractivity contribution in [2.45, 2.75) is 13.5 Å². The van der Waals surface area contributed by atoms with E-state index >= 15 is 0 Å². The minimum atomic E-state index is -3.76. The second kappa shape index (κ2) is 8.26. The molecule has 3 aromatic rings. The summed E-state index contributed by atoms with van der Waals surface area (Å²) >= 11 is 1.10. The van der Waals surface area contributed by atoms with E-state index in [1.54, 1.807) is 6.92 Å². The number of amides is 1. The number of benzene rings is 2. The Hall–Kier alpha value is -2.85. The Labute approximate surface area is 170 Å². The normalized spacial score (nSPS) is 11.3. The molecule has 0 saturated heterocycles. The average Bonchev–Trinajstić information content (AvgIpc) is 3.01. The van der Waals surface area contributed by atoms with Crippen molar-refractivity contribution in [3.05, 3.63) is 76.3 Å². The highest BCUT2D eigenvalue weighted by Crippen LogP contribution is 2.34. The SMILES string of the molecule is Cc1sc(N(Cc2ccccc2)c2ccc(F)cc2F)nc1C(=O)NS(C)(=O)=O. The minimum absolute atomic E-state index is 0.0731. The molecule has 0 spiro atoms. The summed E-state index contributed by atoms with van der Waals surface area (Å²) in [5, 5.41) is 0.274. The van der Waals surface area contributed by atoms with Gasteiger partial charge in [-0.05, 0) is 24.6 Å². The number of halogens is 2. The molecular formula is C19H17F2N3O3S2. The Morgan fingerprint density at radius 3 is 2.48 bits per heavy atom. The predicted octanol–water partition coefficient (Wildman–Crippen LogP) is 3.76. The highest BCUT2D eigenvalue weighted by molar-refractivity contribution is 7.89. The molecule has 152 valence electrons. The fourth-order valence-electron chi connectivity index (χ4n) is 2.65. The topological polar surface area (TPSA) is 79.4 Å². The Morgan fingerprint density at radius 1 is 1.17 bits per heavy atom. The zero-order valence-corrected chi connectivity index (χ0v) is 17.2. The Morgan fingerprint density at radius 2 is 1.86 bits per heavy atom. The minimum Gasteiger partial charge on any atom is -0.311 e. The third-order valence-corrected chi connectivity index (χ3v) is 5.44. The van der Waals surface area contributed by atoms with Gasteiger partial charge in [-0.15, -0.1) is 11.3 Å². The molecule has 1 heterocycles. The van der Waals surface area contributed by atoms with Crippen LogP contribution >= 0.6 is 11.3 Å². The summed E-state index contributed by atoms with van der Waals surface area (Å²) < 4.78 is 52.5. The molecule has 0 bridgehead atoms. The van der Waals surface area contributed by atoms with Gasteiger partial charge in [-0.3, -0.25) is 4.79 Å². The molecule has 0 aliphatic heterocycles. The molecule has 0 unspecified atom stereocenters. The smallest absolute Gasteiger partial charge is 0.284 e. The number of aromatic nitrogens is 1. The zero-order chi connectivity index (χ0) is 21.2. The third-order valence-electron chi connectivity index (χ3n) is 3.89. The molecule has 1 aromatic heterocycles. The predicted molar refractivity (Wildman–Crippen MR) is 108 cm³/mol. The van der Waals surface area contributed by atoms with Crippen LogP contribution in [0.1, 0.15) is 20.9 Å². The van der Waals surface area contributed by atoms with Crippen LogP contribution in [-0.2, 0) is 16.6 Å². The van der Waals surface area contributed by atoms with Crippen LogP contribution in [0.2, 0.25) is 0 Å². The van der Waals surface area contributed by atoms with E-state index in [1.807, 2.05) is 35.1 Å². The van der Waals surface area contributed by atoms with Crippen LogP contribution in [0.25, 0.3) is 0 Å². The fraction of sp³-hybridized carbons (Fsp3) is 0.158. The van der Waals surface area contributed by atoms with Crippen molar-refractivity contribution in [3.63, 3.8) is 0 Å². The number of carbonyl (C=O) groups excluding carboxylic acids is 1. The van der Waals surface area contributed by atoms with Gasteiger partial charge in [0, 0.05) is 10.9 Å². The first-order chi connectivity index (χ1) is 13.6. The lowest BCUT2D eigenvalue weighted by molar-refractivity contribution is 0.0977. The standard InChI is InChI=1S/C19H17F2N3O3S2/c1-12-17(18(25)23-29(2,26)27)22-19(28-12)24(11-13-6-4-3-5-7-13)16-9-8-14(20)10-15(16)21/h3-10H,11H2,1-2H3,(H,23,25). The molecule has 29 heavy (non-hydrogen) atoms. The largest absolute Gasteiger partial charge is 0.311 e. The molecule has 0 aliphatic carbocycles. The van der Waals surface area contributed by atoms with Gasteiger partial charge in [0.25, 0.3) is 5.91 Å². The third kappa shape index (κ3) is 5.15. The first-order valence-electron chi connectivity index (χ1n) is 8.40. The van der Waals surface area contributed by atoms with E-state index in [-0.39, 0.29) is 23.1 Å². The molecule has 1 N–H and O–H groups in total. The lowest BCUT2D eigenvalue weighted by Gasteiger charge is -2.22. The van der Waals surface area contributed by atoms with Gasteiger partial charge in [0.2, 0.25) is 10.0 Å². The number of thiazole rings is 1. The monoisotopic (exact) mass is 437 g/mol. The lowest BCUT2D eigenvalue weighted by Crippen LogP contribution is -2.30. The number of rotatable bonds is 6. The van der Waals surface area contributed by atoms with Gasteiger partial charge in [-0.2, -0.15) is 0 Å². The maximum Gasteiger partial charge on any atom is 0.284 e. The van der Waals surface area contributed by atoms with E-state index in [1.165, 1.54) is 11.0 Å². The van der Waals surface area contributed by atoms with Crippen molar-refractivity contribution in [3.8, 4) is 0 Å². The number of hydrogen-bond acceptors (Lipinski definition) is 6. The highest BCUT2D eigenvalue weighted by Gasteiger charge is 2.23. The van der Waals surface area contributed by atoms with Crippen molar-refractivity contribution in [1.82, 2.24) is 9.71 Å². The van der Waals surface area contributed by atoms with E-state index in [9.17, 15) is 22.0 Å². The van der Waals surface area contributed by atoms with Gasteiger partial charge in [0.15, 0.2) is 5.13 Å². The van der Waals surface area contributed by atoms with Crippen molar-refractivity contribution >= 4 is 38.1 Å². The van der Waals surface area contributed by atoms with Crippen LogP contribution in [0, 0.1) is 18.6 Å². The second-order valence-corrected chi connectivity index (χ2v) is 9.20. The highest BCUT2D eigenvalue weighted by atomic mass is 32.2. The van der Waals surface area contributed by atoms with E-state index in [2.05, 4.69) is 4.98 Å².